The molecule has 22 heavy (non-hydrogen) atoms. The molecular formula is C17H28O5. The van der Waals surface area contributed by atoms with Crippen LogP contribution in [0.3, 0.4) is 0 Å². The molecule has 2 rings (SSSR count). The van der Waals surface area contributed by atoms with E-state index in [2.05, 4.69) is 13.8 Å². The van der Waals surface area contributed by atoms with Crippen LogP contribution < -0.4 is 0 Å². The molecule has 7 atom stereocenters. The van der Waals surface area contributed by atoms with Crippen LogP contribution in [0.1, 0.15) is 53.4 Å². The summed E-state index contributed by atoms with van der Waals surface area (Å²) in [5.41, 5.74) is 0. The van der Waals surface area contributed by atoms with Crippen molar-refractivity contribution in [3.8, 4) is 0 Å². The number of carbonyl (C=O) groups excluding carboxylic acids is 2. The molecule has 2 saturated heterocycles. The summed E-state index contributed by atoms with van der Waals surface area (Å²) in [5, 5.41) is 0. The van der Waals surface area contributed by atoms with Crippen molar-refractivity contribution in [3.05, 3.63) is 0 Å². The largest absolute Gasteiger partial charge is 0.459 e. The lowest BCUT2D eigenvalue weighted by Gasteiger charge is -2.50. The summed E-state index contributed by atoms with van der Waals surface area (Å²) in [7, 11) is 0. The Kier molecular flexibility index (Phi) is 5.98. The van der Waals surface area contributed by atoms with Gasteiger partial charge in [-0.3, -0.25) is 4.79 Å². The van der Waals surface area contributed by atoms with Crippen molar-refractivity contribution in [2.24, 2.45) is 11.8 Å². The monoisotopic (exact) mass is 312 g/mol. The number of hydrogen-bond donors (Lipinski definition) is 0. The summed E-state index contributed by atoms with van der Waals surface area (Å²) in [6.45, 7) is 7.77. The molecule has 0 N–H and O–H groups in total. The van der Waals surface area contributed by atoms with Crippen LogP contribution >= 0.6 is 0 Å². The molecular weight excluding hydrogens is 284 g/mol. The van der Waals surface area contributed by atoms with Gasteiger partial charge in [-0.25, -0.2) is 0 Å². The lowest BCUT2D eigenvalue weighted by atomic mass is 9.79. The zero-order valence-electron chi connectivity index (χ0n) is 14.0. The zero-order chi connectivity index (χ0) is 16.3. The Hall–Kier alpha value is -0.940. The van der Waals surface area contributed by atoms with Gasteiger partial charge in [0.2, 0.25) is 0 Å². The van der Waals surface area contributed by atoms with Crippen molar-refractivity contribution < 1.29 is 23.8 Å². The maximum Gasteiger partial charge on any atom is 0.303 e. The molecule has 0 aliphatic carbocycles. The van der Waals surface area contributed by atoms with Gasteiger partial charge < -0.3 is 19.0 Å². The molecule has 0 bridgehead atoms. The number of carbonyl (C=O) groups is 2. The molecule has 0 unspecified atom stereocenters. The molecule has 2 aliphatic heterocycles. The smallest absolute Gasteiger partial charge is 0.303 e. The van der Waals surface area contributed by atoms with Crippen LogP contribution in [-0.4, -0.2) is 42.8 Å². The van der Waals surface area contributed by atoms with Gasteiger partial charge in [0, 0.05) is 19.3 Å². The molecule has 126 valence electrons. The first-order valence-corrected chi connectivity index (χ1v) is 8.39. The maximum atomic E-state index is 11.4. The van der Waals surface area contributed by atoms with Gasteiger partial charge in [0.15, 0.2) is 0 Å². The second kappa shape index (κ2) is 7.55. The van der Waals surface area contributed by atoms with Crippen LogP contribution in [0.4, 0.5) is 0 Å². The average molecular weight is 312 g/mol. The van der Waals surface area contributed by atoms with E-state index in [0.717, 1.165) is 25.5 Å². The number of aldehydes is 1. The third kappa shape index (κ3) is 3.69. The highest BCUT2D eigenvalue weighted by Crippen LogP contribution is 2.40. The normalized spacial score (nSPS) is 41.5. The molecule has 5 heteroatoms. The van der Waals surface area contributed by atoms with Crippen LogP contribution in [0.2, 0.25) is 0 Å². The SMILES string of the molecule is CCC[C@H]1O[C@H]2[C@H](C)[C@@H](OC(C)=O)[C@H](CC=O)O[C@H]2C[C@H]1C. The summed E-state index contributed by atoms with van der Waals surface area (Å²) in [6.07, 6.45) is 3.50. The highest BCUT2D eigenvalue weighted by molar-refractivity contribution is 5.66. The van der Waals surface area contributed by atoms with E-state index in [9.17, 15) is 9.59 Å². The fraction of sp³-hybridized carbons (Fsp3) is 0.882. The van der Waals surface area contributed by atoms with Crippen molar-refractivity contribution in [2.75, 3.05) is 0 Å². The van der Waals surface area contributed by atoms with E-state index in [1.807, 2.05) is 6.92 Å². The van der Waals surface area contributed by atoms with Gasteiger partial charge in [-0.05, 0) is 18.8 Å². The van der Waals surface area contributed by atoms with Gasteiger partial charge in [-0.2, -0.15) is 0 Å². The van der Waals surface area contributed by atoms with Crippen LogP contribution in [0, 0.1) is 11.8 Å². The lowest BCUT2D eigenvalue weighted by Crippen LogP contribution is -2.59. The van der Waals surface area contributed by atoms with Crippen molar-refractivity contribution in [2.45, 2.75) is 83.9 Å². The summed E-state index contributed by atoms with van der Waals surface area (Å²) in [5.74, 6) is 0.124. The summed E-state index contributed by atoms with van der Waals surface area (Å²) in [6, 6.07) is 0. The second-order valence-electron chi connectivity index (χ2n) is 6.69. The number of fused-ring (bicyclic) bond motifs is 1. The molecule has 2 fully saturated rings. The molecule has 0 spiro atoms. The van der Waals surface area contributed by atoms with Crippen molar-refractivity contribution >= 4 is 12.3 Å². The van der Waals surface area contributed by atoms with E-state index in [4.69, 9.17) is 14.2 Å². The minimum Gasteiger partial charge on any atom is -0.459 e. The molecule has 0 aromatic rings. The standard InChI is InChI=1S/C17H28O5/c1-5-6-13-10(2)9-15-17(22-13)11(3)16(20-12(4)19)14(21-15)7-8-18/h8,10-11,13-17H,5-7,9H2,1-4H3/t10-,11-,13-,14+,15+,16-,17+/m1/s1. The van der Waals surface area contributed by atoms with Crippen molar-refractivity contribution in [3.63, 3.8) is 0 Å². The van der Waals surface area contributed by atoms with E-state index in [1.54, 1.807) is 0 Å². The Morgan fingerprint density at radius 3 is 2.59 bits per heavy atom. The molecule has 0 radical (unpaired) electrons. The highest BCUT2D eigenvalue weighted by Gasteiger charge is 2.49. The third-order valence-electron chi connectivity index (χ3n) is 4.89. The fourth-order valence-corrected chi connectivity index (χ4v) is 3.80. The average Bonchev–Trinajstić information content (AvgIpc) is 2.45. The summed E-state index contributed by atoms with van der Waals surface area (Å²) >= 11 is 0. The van der Waals surface area contributed by atoms with Gasteiger partial charge in [-0.15, -0.1) is 0 Å². The number of esters is 1. The highest BCUT2D eigenvalue weighted by atomic mass is 16.6. The van der Waals surface area contributed by atoms with Gasteiger partial charge in [0.05, 0.1) is 18.3 Å². The van der Waals surface area contributed by atoms with Crippen molar-refractivity contribution in [1.29, 1.82) is 0 Å². The maximum absolute atomic E-state index is 11.4. The first kappa shape index (κ1) is 17.4. The van der Waals surface area contributed by atoms with Gasteiger partial charge in [0.25, 0.3) is 0 Å². The zero-order valence-corrected chi connectivity index (χ0v) is 14.0. The van der Waals surface area contributed by atoms with Crippen LogP contribution in [-0.2, 0) is 23.8 Å². The second-order valence-corrected chi connectivity index (χ2v) is 6.69. The van der Waals surface area contributed by atoms with Crippen LogP contribution in [0.25, 0.3) is 0 Å². The Balaban J connectivity index is 2.14. The van der Waals surface area contributed by atoms with Gasteiger partial charge >= 0.3 is 5.97 Å². The molecule has 0 amide bonds. The first-order valence-electron chi connectivity index (χ1n) is 8.39. The molecule has 2 aliphatic rings. The summed E-state index contributed by atoms with van der Waals surface area (Å²) in [4.78, 5) is 22.3. The van der Waals surface area contributed by atoms with Crippen LogP contribution in [0.5, 0.6) is 0 Å². The minimum atomic E-state index is -0.417. The first-order chi connectivity index (χ1) is 10.5. The molecule has 0 aromatic heterocycles. The Morgan fingerprint density at radius 1 is 1.27 bits per heavy atom. The molecule has 5 nitrogen and oxygen atoms in total. The van der Waals surface area contributed by atoms with E-state index in [1.165, 1.54) is 6.92 Å². The van der Waals surface area contributed by atoms with E-state index >= 15 is 0 Å². The molecule has 0 saturated carbocycles. The molecule has 0 aromatic carbocycles. The van der Waals surface area contributed by atoms with E-state index in [-0.39, 0.29) is 42.7 Å². The quantitative estimate of drug-likeness (QED) is 0.576. The Labute approximate surface area is 132 Å². The predicted molar refractivity (Wildman–Crippen MR) is 81.4 cm³/mol. The van der Waals surface area contributed by atoms with Crippen molar-refractivity contribution in [1.82, 2.24) is 0 Å². The number of ether oxygens (including phenoxy) is 3. The predicted octanol–water partition coefficient (Wildman–Crippen LogP) is 2.50. The van der Waals surface area contributed by atoms with Gasteiger partial charge in [-0.1, -0.05) is 27.2 Å². The Bertz CT molecular complexity index is 397. The lowest BCUT2D eigenvalue weighted by molar-refractivity contribution is -0.258. The number of hydrogen-bond acceptors (Lipinski definition) is 5. The topological polar surface area (TPSA) is 61.8 Å². The summed E-state index contributed by atoms with van der Waals surface area (Å²) < 4.78 is 17.8. The van der Waals surface area contributed by atoms with E-state index in [0.29, 0.717) is 5.92 Å². The van der Waals surface area contributed by atoms with Gasteiger partial charge in [0.1, 0.15) is 18.5 Å². The minimum absolute atomic E-state index is 0.0186. The Morgan fingerprint density at radius 2 is 2.00 bits per heavy atom. The number of rotatable bonds is 5. The third-order valence-corrected chi connectivity index (χ3v) is 4.89. The molecule has 2 heterocycles. The van der Waals surface area contributed by atoms with E-state index < -0.39 is 6.10 Å². The fourth-order valence-electron chi connectivity index (χ4n) is 3.80. The van der Waals surface area contributed by atoms with Crippen LogP contribution in [0.15, 0.2) is 0 Å².